The van der Waals surface area contributed by atoms with Crippen molar-refractivity contribution in [3.8, 4) is 11.5 Å². The van der Waals surface area contributed by atoms with Crippen LogP contribution in [-0.2, 0) is 11.2 Å². The number of amides is 1. The molecule has 1 heterocycles. The minimum atomic E-state index is -0.342. The third kappa shape index (κ3) is 4.62. The van der Waals surface area contributed by atoms with Crippen LogP contribution in [0.3, 0.4) is 0 Å². The summed E-state index contributed by atoms with van der Waals surface area (Å²) in [6.07, 6.45) is 1.96. The number of aryl methyl sites for hydroxylation is 3. The van der Waals surface area contributed by atoms with Gasteiger partial charge >= 0.3 is 0 Å². The summed E-state index contributed by atoms with van der Waals surface area (Å²) in [5, 5.41) is 3.20. The highest BCUT2D eigenvalue weighted by Gasteiger charge is 2.34. The number of rotatable bonds is 5. The first kappa shape index (κ1) is 19.3. The lowest BCUT2D eigenvalue weighted by Crippen LogP contribution is -2.41. The van der Waals surface area contributed by atoms with Gasteiger partial charge in [0, 0.05) is 24.5 Å². The van der Waals surface area contributed by atoms with Crippen LogP contribution in [0, 0.1) is 13.8 Å². The van der Waals surface area contributed by atoms with Crippen LogP contribution >= 0.6 is 0 Å². The number of methoxy groups -OCH3 is 1. The summed E-state index contributed by atoms with van der Waals surface area (Å²) < 4.78 is 11.4. The lowest BCUT2D eigenvalue weighted by atomic mass is 9.89. The highest BCUT2D eigenvalue weighted by molar-refractivity contribution is 5.77. The van der Waals surface area contributed by atoms with Gasteiger partial charge in [0.15, 0.2) is 0 Å². The van der Waals surface area contributed by atoms with E-state index in [0.29, 0.717) is 6.42 Å². The third-order valence-corrected chi connectivity index (χ3v) is 5.23. The first-order valence-electron chi connectivity index (χ1n) is 9.50. The molecule has 2 aromatic rings. The summed E-state index contributed by atoms with van der Waals surface area (Å²) in [6.45, 7) is 8.30. The average molecular weight is 367 g/mol. The normalized spacial score (nSPS) is 17.6. The van der Waals surface area contributed by atoms with Crippen LogP contribution in [0.25, 0.3) is 0 Å². The third-order valence-electron chi connectivity index (χ3n) is 5.23. The van der Waals surface area contributed by atoms with Crippen molar-refractivity contribution < 1.29 is 14.3 Å². The molecule has 0 saturated heterocycles. The fourth-order valence-corrected chi connectivity index (χ4v) is 3.57. The number of fused-ring (bicyclic) bond motifs is 1. The molecule has 1 aliphatic heterocycles. The van der Waals surface area contributed by atoms with Gasteiger partial charge in [-0.05, 0) is 62.9 Å². The quantitative estimate of drug-likeness (QED) is 0.836. The lowest BCUT2D eigenvalue weighted by Gasteiger charge is -2.38. The molecule has 2 aromatic carbocycles. The number of carbonyl (C=O) groups excluding carboxylic acids is 1. The number of carbonyl (C=O) groups is 1. The Balaban J connectivity index is 1.69. The van der Waals surface area contributed by atoms with E-state index in [-0.39, 0.29) is 17.6 Å². The van der Waals surface area contributed by atoms with E-state index >= 15 is 0 Å². The Morgan fingerprint density at radius 2 is 1.96 bits per heavy atom. The summed E-state index contributed by atoms with van der Waals surface area (Å²) in [7, 11) is 1.64. The van der Waals surface area contributed by atoms with Crippen molar-refractivity contribution in [2.75, 3.05) is 7.11 Å². The number of hydrogen-bond acceptors (Lipinski definition) is 3. The monoisotopic (exact) mass is 367 g/mol. The minimum Gasteiger partial charge on any atom is -0.497 e. The number of nitrogens with one attached hydrogen (secondary N) is 1. The summed E-state index contributed by atoms with van der Waals surface area (Å²) in [4.78, 5) is 12.6. The Kier molecular flexibility index (Phi) is 5.45. The van der Waals surface area contributed by atoms with Gasteiger partial charge in [-0.1, -0.05) is 18.2 Å². The maximum atomic E-state index is 12.6. The Labute approximate surface area is 161 Å². The Morgan fingerprint density at radius 1 is 1.19 bits per heavy atom. The van der Waals surface area contributed by atoms with Gasteiger partial charge < -0.3 is 14.8 Å². The number of ether oxygens (including phenoxy) is 2. The predicted octanol–water partition coefficient (Wildman–Crippen LogP) is 4.66. The number of hydrogen-bond donors (Lipinski definition) is 1. The predicted molar refractivity (Wildman–Crippen MR) is 107 cm³/mol. The van der Waals surface area contributed by atoms with Crippen LogP contribution < -0.4 is 14.8 Å². The molecule has 4 nitrogen and oxygen atoms in total. The molecule has 1 N–H and O–H groups in total. The van der Waals surface area contributed by atoms with E-state index < -0.39 is 0 Å². The van der Waals surface area contributed by atoms with Gasteiger partial charge in [-0.25, -0.2) is 0 Å². The van der Waals surface area contributed by atoms with E-state index in [1.807, 2.05) is 32.0 Å². The van der Waals surface area contributed by atoms with Crippen LogP contribution in [0.4, 0.5) is 0 Å². The summed E-state index contributed by atoms with van der Waals surface area (Å²) in [6, 6.07) is 12.1. The van der Waals surface area contributed by atoms with Crippen molar-refractivity contribution in [1.29, 1.82) is 0 Å². The smallest absolute Gasteiger partial charge is 0.220 e. The minimum absolute atomic E-state index is 0.0538. The summed E-state index contributed by atoms with van der Waals surface area (Å²) >= 11 is 0. The first-order chi connectivity index (χ1) is 12.8. The van der Waals surface area contributed by atoms with E-state index in [1.165, 1.54) is 16.7 Å². The second-order valence-electron chi connectivity index (χ2n) is 8.01. The van der Waals surface area contributed by atoms with Crippen molar-refractivity contribution in [2.24, 2.45) is 0 Å². The highest BCUT2D eigenvalue weighted by atomic mass is 16.5. The molecular weight excluding hydrogens is 338 g/mol. The molecule has 0 radical (unpaired) electrons. The average Bonchev–Trinajstić information content (AvgIpc) is 2.61. The number of benzene rings is 2. The molecule has 0 unspecified atom stereocenters. The summed E-state index contributed by atoms with van der Waals surface area (Å²) in [5.41, 5.74) is 4.41. The van der Waals surface area contributed by atoms with Gasteiger partial charge in [-0.2, -0.15) is 0 Å². The maximum Gasteiger partial charge on any atom is 0.220 e. The van der Waals surface area contributed by atoms with Crippen molar-refractivity contribution in [1.82, 2.24) is 5.32 Å². The Bertz CT molecular complexity index is 842. The lowest BCUT2D eigenvalue weighted by molar-refractivity contribution is -0.122. The zero-order valence-corrected chi connectivity index (χ0v) is 16.9. The van der Waals surface area contributed by atoms with Crippen LogP contribution in [0.1, 0.15) is 55.0 Å². The molecule has 0 saturated carbocycles. The Hall–Kier alpha value is -2.49. The fraction of sp³-hybridized carbons (Fsp3) is 0.435. The molecule has 27 heavy (non-hydrogen) atoms. The zero-order valence-electron chi connectivity index (χ0n) is 16.9. The van der Waals surface area contributed by atoms with Crippen molar-refractivity contribution >= 4 is 5.91 Å². The van der Waals surface area contributed by atoms with E-state index in [9.17, 15) is 4.79 Å². The van der Waals surface area contributed by atoms with Gasteiger partial charge in [0.25, 0.3) is 0 Å². The molecule has 0 aliphatic carbocycles. The fourth-order valence-electron chi connectivity index (χ4n) is 3.57. The van der Waals surface area contributed by atoms with Gasteiger partial charge in [-0.3, -0.25) is 4.79 Å². The molecule has 0 fully saturated rings. The molecule has 3 rings (SSSR count). The Morgan fingerprint density at radius 3 is 2.67 bits per heavy atom. The van der Waals surface area contributed by atoms with Gasteiger partial charge in [0.05, 0.1) is 13.2 Å². The van der Waals surface area contributed by atoms with E-state index in [2.05, 4.69) is 37.4 Å². The van der Waals surface area contributed by atoms with Crippen molar-refractivity contribution in [3.05, 3.63) is 58.7 Å². The SMILES string of the molecule is COc1ccc2c(c1)OC(C)(C)C[C@@H]2NC(=O)CCc1ccc(C)c(C)c1. The largest absolute Gasteiger partial charge is 0.497 e. The molecule has 0 spiro atoms. The molecule has 0 aromatic heterocycles. The summed E-state index contributed by atoms with van der Waals surface area (Å²) in [5.74, 6) is 1.61. The first-order valence-corrected chi connectivity index (χ1v) is 9.50. The van der Waals surface area contributed by atoms with Gasteiger partial charge in [-0.15, -0.1) is 0 Å². The van der Waals surface area contributed by atoms with Crippen molar-refractivity contribution in [3.63, 3.8) is 0 Å². The highest BCUT2D eigenvalue weighted by Crippen LogP contribution is 2.41. The molecule has 1 amide bonds. The van der Waals surface area contributed by atoms with Crippen LogP contribution in [-0.4, -0.2) is 18.6 Å². The van der Waals surface area contributed by atoms with Crippen LogP contribution in [0.5, 0.6) is 11.5 Å². The molecule has 0 bridgehead atoms. The van der Waals surface area contributed by atoms with Gasteiger partial charge in [0.2, 0.25) is 5.91 Å². The maximum absolute atomic E-state index is 12.6. The van der Waals surface area contributed by atoms with Crippen LogP contribution in [0.15, 0.2) is 36.4 Å². The van der Waals surface area contributed by atoms with E-state index in [4.69, 9.17) is 9.47 Å². The second-order valence-corrected chi connectivity index (χ2v) is 8.01. The molecule has 1 aliphatic rings. The van der Waals surface area contributed by atoms with E-state index in [0.717, 1.165) is 29.9 Å². The van der Waals surface area contributed by atoms with E-state index in [1.54, 1.807) is 7.11 Å². The van der Waals surface area contributed by atoms with Crippen molar-refractivity contribution in [2.45, 2.75) is 58.6 Å². The van der Waals surface area contributed by atoms with Gasteiger partial charge in [0.1, 0.15) is 17.1 Å². The second kappa shape index (κ2) is 7.63. The molecule has 1 atom stereocenters. The molecule has 144 valence electrons. The topological polar surface area (TPSA) is 47.6 Å². The standard InChI is InChI=1S/C23H29NO3/c1-15-6-7-17(12-16(15)2)8-11-22(25)24-20-14-23(3,4)27-21-13-18(26-5)9-10-19(20)21/h6-7,9-10,12-13,20H,8,11,14H2,1-5H3,(H,24,25)/t20-/m0/s1. The molecular formula is C23H29NO3. The molecule has 4 heteroatoms. The van der Waals surface area contributed by atoms with Crippen LogP contribution in [0.2, 0.25) is 0 Å². The zero-order chi connectivity index (χ0) is 19.6.